The van der Waals surface area contributed by atoms with Crippen molar-refractivity contribution in [2.24, 2.45) is 0 Å². The van der Waals surface area contributed by atoms with Crippen molar-refractivity contribution in [3.05, 3.63) is 66.4 Å². The number of Topliss-reactive ketones (excluding diaryl/α,β-unsaturated/α-hetero) is 1. The highest BCUT2D eigenvalue weighted by molar-refractivity contribution is 5.97. The molecule has 0 unspecified atom stereocenters. The van der Waals surface area contributed by atoms with E-state index in [0.29, 0.717) is 24.5 Å². The summed E-state index contributed by atoms with van der Waals surface area (Å²) in [5.41, 5.74) is 0.656. The SMILES string of the molecule is O=C(CCC(=O)N1CCC(Oc2nncc3ccccc23)CC1)c1ccccc1. The van der Waals surface area contributed by atoms with E-state index >= 15 is 0 Å². The number of ketones is 1. The minimum absolute atomic E-state index is 0.00473. The maximum Gasteiger partial charge on any atom is 0.241 e. The van der Waals surface area contributed by atoms with Gasteiger partial charge in [-0.2, -0.15) is 5.10 Å². The second kappa shape index (κ2) is 8.82. The normalized spacial score (nSPS) is 14.7. The van der Waals surface area contributed by atoms with Gasteiger partial charge in [-0.25, -0.2) is 0 Å². The van der Waals surface area contributed by atoms with Crippen molar-refractivity contribution in [1.29, 1.82) is 0 Å². The number of amides is 1. The summed E-state index contributed by atoms with van der Waals surface area (Å²) in [7, 11) is 0. The molecule has 148 valence electrons. The molecule has 2 heterocycles. The Hall–Kier alpha value is -3.28. The minimum atomic E-state index is 0.00473. The Labute approximate surface area is 169 Å². The molecule has 1 fully saturated rings. The van der Waals surface area contributed by atoms with Gasteiger partial charge in [-0.15, -0.1) is 5.10 Å². The zero-order valence-corrected chi connectivity index (χ0v) is 16.2. The third-order valence-corrected chi connectivity index (χ3v) is 5.27. The van der Waals surface area contributed by atoms with Crippen LogP contribution in [0, 0.1) is 0 Å². The van der Waals surface area contributed by atoms with Crippen molar-refractivity contribution in [1.82, 2.24) is 15.1 Å². The van der Waals surface area contributed by atoms with Crippen LogP contribution in [0.2, 0.25) is 0 Å². The lowest BCUT2D eigenvalue weighted by Gasteiger charge is -2.32. The predicted octanol–water partition coefficient (Wildman–Crippen LogP) is 3.66. The maximum atomic E-state index is 12.5. The third-order valence-electron chi connectivity index (χ3n) is 5.27. The monoisotopic (exact) mass is 389 g/mol. The number of benzene rings is 2. The predicted molar refractivity (Wildman–Crippen MR) is 110 cm³/mol. The quantitative estimate of drug-likeness (QED) is 0.602. The van der Waals surface area contributed by atoms with E-state index in [1.807, 2.05) is 47.4 Å². The van der Waals surface area contributed by atoms with Crippen LogP contribution in [0.5, 0.6) is 5.88 Å². The first-order chi connectivity index (χ1) is 14.2. The lowest BCUT2D eigenvalue weighted by Crippen LogP contribution is -2.42. The molecule has 4 rings (SSSR count). The van der Waals surface area contributed by atoms with Gasteiger partial charge in [-0.05, 0) is 6.07 Å². The number of ether oxygens (including phenoxy) is 1. The first kappa shape index (κ1) is 19.1. The number of fused-ring (bicyclic) bond motifs is 1. The number of hydrogen-bond acceptors (Lipinski definition) is 5. The van der Waals surface area contributed by atoms with Gasteiger partial charge >= 0.3 is 0 Å². The topological polar surface area (TPSA) is 72.4 Å². The number of carbonyl (C=O) groups is 2. The molecule has 1 saturated heterocycles. The molecule has 6 heteroatoms. The van der Waals surface area contributed by atoms with Gasteiger partial charge in [0.2, 0.25) is 11.8 Å². The summed E-state index contributed by atoms with van der Waals surface area (Å²) in [6.45, 7) is 1.25. The second-order valence-corrected chi connectivity index (χ2v) is 7.22. The third kappa shape index (κ3) is 4.59. The van der Waals surface area contributed by atoms with Gasteiger partial charge in [0.15, 0.2) is 5.78 Å². The molecule has 0 spiro atoms. The molecular formula is C23H23N3O3. The zero-order chi connectivity index (χ0) is 20.1. The van der Waals surface area contributed by atoms with E-state index in [0.717, 1.165) is 23.6 Å². The molecule has 2 aromatic carbocycles. The number of likely N-dealkylation sites (tertiary alicyclic amines) is 1. The second-order valence-electron chi connectivity index (χ2n) is 7.22. The molecule has 1 aliphatic heterocycles. The summed E-state index contributed by atoms with van der Waals surface area (Å²) in [6, 6.07) is 17.0. The lowest BCUT2D eigenvalue weighted by atomic mass is 10.0. The van der Waals surface area contributed by atoms with E-state index in [4.69, 9.17) is 4.74 Å². The molecule has 3 aromatic rings. The molecule has 0 N–H and O–H groups in total. The van der Waals surface area contributed by atoms with Crippen LogP contribution >= 0.6 is 0 Å². The Morgan fingerprint density at radius 1 is 0.966 bits per heavy atom. The number of aromatic nitrogens is 2. The van der Waals surface area contributed by atoms with Crippen LogP contribution in [0.4, 0.5) is 0 Å². The summed E-state index contributed by atoms with van der Waals surface area (Å²) < 4.78 is 6.09. The van der Waals surface area contributed by atoms with Crippen molar-refractivity contribution >= 4 is 22.5 Å². The fraction of sp³-hybridized carbons (Fsp3) is 0.304. The van der Waals surface area contributed by atoms with Crippen molar-refractivity contribution in [3.63, 3.8) is 0 Å². The molecule has 0 radical (unpaired) electrons. The Balaban J connectivity index is 1.28. The van der Waals surface area contributed by atoms with Crippen LogP contribution in [0.1, 0.15) is 36.0 Å². The van der Waals surface area contributed by atoms with Crippen LogP contribution in [0.25, 0.3) is 10.8 Å². The Morgan fingerprint density at radius 3 is 2.48 bits per heavy atom. The van der Waals surface area contributed by atoms with Gasteiger partial charge in [0.25, 0.3) is 0 Å². The number of hydrogen-bond donors (Lipinski definition) is 0. The Bertz CT molecular complexity index is 993. The first-order valence-corrected chi connectivity index (χ1v) is 9.94. The molecule has 6 nitrogen and oxygen atoms in total. The van der Waals surface area contributed by atoms with Crippen LogP contribution in [0.15, 0.2) is 60.8 Å². The van der Waals surface area contributed by atoms with Crippen molar-refractivity contribution in [2.75, 3.05) is 13.1 Å². The van der Waals surface area contributed by atoms with Crippen LogP contribution < -0.4 is 4.74 Å². The standard InChI is InChI=1S/C23H23N3O3/c27-21(17-6-2-1-3-7-17)10-11-22(28)26-14-12-19(13-15-26)29-23-20-9-5-4-8-18(20)16-24-25-23/h1-9,16,19H,10-15H2. The molecule has 1 amide bonds. The molecule has 0 saturated carbocycles. The lowest BCUT2D eigenvalue weighted by molar-refractivity contribution is -0.132. The molecule has 29 heavy (non-hydrogen) atoms. The highest BCUT2D eigenvalue weighted by Crippen LogP contribution is 2.25. The average Bonchev–Trinajstić information content (AvgIpc) is 2.78. The summed E-state index contributed by atoms with van der Waals surface area (Å²) >= 11 is 0. The van der Waals surface area contributed by atoms with Crippen molar-refractivity contribution < 1.29 is 14.3 Å². The fourth-order valence-electron chi connectivity index (χ4n) is 3.62. The highest BCUT2D eigenvalue weighted by Gasteiger charge is 2.25. The van der Waals surface area contributed by atoms with E-state index in [9.17, 15) is 9.59 Å². The van der Waals surface area contributed by atoms with Gasteiger partial charge < -0.3 is 9.64 Å². The maximum absolute atomic E-state index is 12.5. The number of carbonyl (C=O) groups excluding carboxylic acids is 2. The Kier molecular flexibility index (Phi) is 5.79. The minimum Gasteiger partial charge on any atom is -0.473 e. The number of nitrogens with zero attached hydrogens (tertiary/aromatic N) is 3. The van der Waals surface area contributed by atoms with Crippen molar-refractivity contribution in [2.45, 2.75) is 31.8 Å². The molecule has 1 aromatic heterocycles. The summed E-state index contributed by atoms with van der Waals surface area (Å²) in [5, 5.41) is 10.1. The fourth-order valence-corrected chi connectivity index (χ4v) is 3.62. The first-order valence-electron chi connectivity index (χ1n) is 9.94. The van der Waals surface area contributed by atoms with Gasteiger partial charge in [0, 0.05) is 55.1 Å². The van der Waals surface area contributed by atoms with Gasteiger partial charge in [-0.1, -0.05) is 48.5 Å². The molecule has 0 bridgehead atoms. The van der Waals surface area contributed by atoms with E-state index in [2.05, 4.69) is 10.2 Å². The van der Waals surface area contributed by atoms with Crippen molar-refractivity contribution in [3.8, 4) is 5.88 Å². The average molecular weight is 389 g/mol. The molecule has 0 atom stereocenters. The summed E-state index contributed by atoms with van der Waals surface area (Å²) in [4.78, 5) is 26.5. The van der Waals surface area contributed by atoms with Gasteiger partial charge in [-0.3, -0.25) is 9.59 Å². The van der Waals surface area contributed by atoms with Gasteiger partial charge in [0.05, 0.1) is 6.20 Å². The zero-order valence-electron chi connectivity index (χ0n) is 16.2. The Morgan fingerprint density at radius 2 is 1.69 bits per heavy atom. The number of piperidine rings is 1. The van der Waals surface area contributed by atoms with E-state index < -0.39 is 0 Å². The van der Waals surface area contributed by atoms with Crippen LogP contribution in [0.3, 0.4) is 0 Å². The molecule has 0 aliphatic carbocycles. The van der Waals surface area contributed by atoms with E-state index in [-0.39, 0.29) is 30.6 Å². The largest absolute Gasteiger partial charge is 0.473 e. The molecular weight excluding hydrogens is 366 g/mol. The summed E-state index contributed by atoms with van der Waals surface area (Å²) in [5.74, 6) is 0.575. The molecule has 1 aliphatic rings. The van der Waals surface area contributed by atoms with Gasteiger partial charge in [0.1, 0.15) is 6.10 Å². The number of rotatable bonds is 6. The van der Waals surface area contributed by atoms with Crippen LogP contribution in [-0.2, 0) is 4.79 Å². The van der Waals surface area contributed by atoms with E-state index in [1.165, 1.54) is 0 Å². The smallest absolute Gasteiger partial charge is 0.241 e. The highest BCUT2D eigenvalue weighted by atomic mass is 16.5. The van der Waals surface area contributed by atoms with E-state index in [1.54, 1.807) is 18.3 Å². The van der Waals surface area contributed by atoms with Crippen LogP contribution in [-0.4, -0.2) is 46.0 Å². The summed E-state index contributed by atoms with van der Waals surface area (Å²) in [6.07, 6.45) is 3.69.